The Bertz CT molecular complexity index is 387. The first-order valence-corrected chi connectivity index (χ1v) is 4.71. The second-order valence-electron chi connectivity index (χ2n) is 3.24. The highest BCUT2D eigenvalue weighted by Crippen LogP contribution is 1.94. The van der Waals surface area contributed by atoms with Gasteiger partial charge in [-0.05, 0) is 25.5 Å². The number of hydrogen-bond donors (Lipinski definition) is 2. The maximum absolute atomic E-state index is 12.4. The van der Waals surface area contributed by atoms with Gasteiger partial charge >= 0.3 is 0 Å². The zero-order valence-electron chi connectivity index (χ0n) is 8.42. The van der Waals surface area contributed by atoms with Gasteiger partial charge in [0.15, 0.2) is 0 Å². The molecule has 0 saturated carbocycles. The van der Waals surface area contributed by atoms with Crippen LogP contribution in [0.25, 0.3) is 0 Å². The molecule has 15 heavy (non-hydrogen) atoms. The van der Waals surface area contributed by atoms with Gasteiger partial charge in [0.2, 0.25) is 0 Å². The zero-order valence-corrected chi connectivity index (χ0v) is 8.42. The van der Waals surface area contributed by atoms with Crippen LogP contribution in [0.2, 0.25) is 0 Å². The van der Waals surface area contributed by atoms with Crippen molar-refractivity contribution in [2.24, 2.45) is 0 Å². The van der Waals surface area contributed by atoms with E-state index < -0.39 is 17.6 Å². The summed E-state index contributed by atoms with van der Waals surface area (Å²) in [4.78, 5) is 25.0. The summed E-state index contributed by atoms with van der Waals surface area (Å²) in [7, 11) is 0. The van der Waals surface area contributed by atoms with Gasteiger partial charge in [0.05, 0.1) is 6.17 Å². The number of nitrogens with one attached hydrogen (secondary N) is 2. The number of halogens is 1. The molecule has 2 N–H and O–H groups in total. The number of aromatic nitrogens is 1. The first-order chi connectivity index (χ1) is 7.11. The normalized spacial score (nSPS) is 12.1. The van der Waals surface area contributed by atoms with Gasteiger partial charge in [0.25, 0.3) is 11.5 Å². The summed E-state index contributed by atoms with van der Waals surface area (Å²) < 4.78 is 12.4. The third kappa shape index (κ3) is 3.53. The molecule has 1 aromatic heterocycles. The predicted octanol–water partition coefficient (Wildman–Crippen LogP) is 0.853. The standard InChI is InChI=1S/C10H13FN2O2/c1-7(11)4-6-13-10(15)8-3-2-5-12-9(8)14/h2-3,5,7H,4,6H2,1H3,(H,12,14)(H,13,15). The molecule has 0 aliphatic rings. The number of amides is 1. The molecule has 82 valence electrons. The fraction of sp³-hybridized carbons (Fsp3) is 0.400. The van der Waals surface area contributed by atoms with Crippen LogP contribution in [-0.4, -0.2) is 23.6 Å². The molecule has 1 unspecified atom stereocenters. The van der Waals surface area contributed by atoms with E-state index in [1.54, 1.807) is 6.07 Å². The smallest absolute Gasteiger partial charge is 0.260 e. The molecule has 1 rings (SSSR count). The lowest BCUT2D eigenvalue weighted by Crippen LogP contribution is -2.30. The summed E-state index contributed by atoms with van der Waals surface area (Å²) >= 11 is 0. The second kappa shape index (κ2) is 5.29. The Kier molecular flexibility index (Phi) is 4.03. The minimum Gasteiger partial charge on any atom is -0.352 e. The van der Waals surface area contributed by atoms with Gasteiger partial charge in [-0.2, -0.15) is 0 Å². The molecule has 0 radical (unpaired) electrons. The molecule has 0 aliphatic carbocycles. The highest BCUT2D eigenvalue weighted by Gasteiger charge is 2.08. The first-order valence-electron chi connectivity index (χ1n) is 4.71. The van der Waals surface area contributed by atoms with E-state index in [-0.39, 0.29) is 18.5 Å². The fourth-order valence-corrected chi connectivity index (χ4v) is 1.08. The van der Waals surface area contributed by atoms with Crippen LogP contribution in [0.15, 0.2) is 23.1 Å². The third-order valence-corrected chi connectivity index (χ3v) is 1.89. The molecule has 0 saturated heterocycles. The number of aromatic amines is 1. The van der Waals surface area contributed by atoms with E-state index in [1.807, 2.05) is 0 Å². The molecule has 4 nitrogen and oxygen atoms in total. The topological polar surface area (TPSA) is 62.0 Å². The van der Waals surface area contributed by atoms with Crippen LogP contribution < -0.4 is 10.9 Å². The van der Waals surface area contributed by atoms with Crippen LogP contribution in [0, 0.1) is 0 Å². The molecule has 1 amide bonds. The molecular formula is C10H13FN2O2. The molecule has 1 atom stereocenters. The Morgan fingerprint density at radius 1 is 1.67 bits per heavy atom. The summed E-state index contributed by atoms with van der Waals surface area (Å²) in [6.07, 6.45) is 0.735. The van der Waals surface area contributed by atoms with E-state index in [2.05, 4.69) is 10.3 Å². The summed E-state index contributed by atoms with van der Waals surface area (Å²) in [5, 5.41) is 2.47. The first kappa shape index (κ1) is 11.4. The van der Waals surface area contributed by atoms with Crippen LogP contribution in [0.5, 0.6) is 0 Å². The van der Waals surface area contributed by atoms with E-state index in [0.29, 0.717) is 0 Å². The molecule has 1 heterocycles. The molecule has 5 heteroatoms. The van der Waals surface area contributed by atoms with Crippen LogP contribution in [0.1, 0.15) is 23.7 Å². The average Bonchev–Trinajstić information content (AvgIpc) is 2.17. The van der Waals surface area contributed by atoms with E-state index in [9.17, 15) is 14.0 Å². The highest BCUT2D eigenvalue weighted by molar-refractivity contribution is 5.93. The summed E-state index contributed by atoms with van der Waals surface area (Å²) in [6.45, 7) is 1.65. The van der Waals surface area contributed by atoms with Crippen molar-refractivity contribution in [3.05, 3.63) is 34.2 Å². The van der Waals surface area contributed by atoms with Crippen molar-refractivity contribution in [2.45, 2.75) is 19.5 Å². The Labute approximate surface area is 86.5 Å². The summed E-state index contributed by atoms with van der Waals surface area (Å²) in [5.41, 5.74) is -0.396. The van der Waals surface area contributed by atoms with E-state index in [1.165, 1.54) is 19.2 Å². The van der Waals surface area contributed by atoms with Gasteiger partial charge in [0, 0.05) is 12.7 Å². The van der Waals surface area contributed by atoms with Crippen LogP contribution in [-0.2, 0) is 0 Å². The second-order valence-corrected chi connectivity index (χ2v) is 3.24. The minimum atomic E-state index is -0.959. The van der Waals surface area contributed by atoms with Crippen molar-refractivity contribution in [3.8, 4) is 0 Å². The average molecular weight is 212 g/mol. The summed E-state index contributed by atoms with van der Waals surface area (Å²) in [6, 6.07) is 2.99. The molecule has 0 fully saturated rings. The van der Waals surface area contributed by atoms with E-state index in [4.69, 9.17) is 0 Å². The summed E-state index contributed by atoms with van der Waals surface area (Å²) in [5.74, 6) is -0.475. The number of rotatable bonds is 4. The minimum absolute atomic E-state index is 0.0454. The van der Waals surface area contributed by atoms with Crippen molar-refractivity contribution >= 4 is 5.91 Å². The predicted molar refractivity (Wildman–Crippen MR) is 54.6 cm³/mol. The number of carbonyl (C=O) groups is 1. The largest absolute Gasteiger partial charge is 0.352 e. The number of H-pyrrole nitrogens is 1. The molecule has 0 aliphatic heterocycles. The van der Waals surface area contributed by atoms with Crippen molar-refractivity contribution in [2.75, 3.05) is 6.54 Å². The Morgan fingerprint density at radius 3 is 3.00 bits per heavy atom. The molecular weight excluding hydrogens is 199 g/mol. The molecule has 0 aromatic carbocycles. The maximum atomic E-state index is 12.4. The number of pyridine rings is 1. The third-order valence-electron chi connectivity index (χ3n) is 1.89. The number of carbonyl (C=O) groups excluding carboxylic acids is 1. The number of alkyl halides is 1. The highest BCUT2D eigenvalue weighted by atomic mass is 19.1. The Hall–Kier alpha value is -1.65. The lowest BCUT2D eigenvalue weighted by Gasteiger charge is -2.04. The van der Waals surface area contributed by atoms with Crippen LogP contribution in [0.4, 0.5) is 4.39 Å². The fourth-order valence-electron chi connectivity index (χ4n) is 1.08. The van der Waals surface area contributed by atoms with Gasteiger partial charge in [-0.25, -0.2) is 4.39 Å². The quantitative estimate of drug-likeness (QED) is 0.777. The van der Waals surface area contributed by atoms with Gasteiger partial charge in [-0.1, -0.05) is 0 Å². The molecule has 1 aromatic rings. The van der Waals surface area contributed by atoms with Gasteiger partial charge in [-0.3, -0.25) is 9.59 Å². The van der Waals surface area contributed by atoms with Gasteiger partial charge in [-0.15, -0.1) is 0 Å². The Morgan fingerprint density at radius 2 is 2.40 bits per heavy atom. The SMILES string of the molecule is CC(F)CCNC(=O)c1ccc[nH]c1=O. The van der Waals surface area contributed by atoms with Crippen LogP contribution >= 0.6 is 0 Å². The van der Waals surface area contributed by atoms with Crippen LogP contribution in [0.3, 0.4) is 0 Å². The van der Waals surface area contributed by atoms with Gasteiger partial charge in [0.1, 0.15) is 5.56 Å². The van der Waals surface area contributed by atoms with Crippen molar-refractivity contribution in [3.63, 3.8) is 0 Å². The lowest BCUT2D eigenvalue weighted by molar-refractivity contribution is 0.0949. The Balaban J connectivity index is 2.55. The van der Waals surface area contributed by atoms with E-state index in [0.717, 1.165) is 0 Å². The molecule has 0 bridgehead atoms. The van der Waals surface area contributed by atoms with Crippen molar-refractivity contribution in [1.29, 1.82) is 0 Å². The number of hydrogen-bond acceptors (Lipinski definition) is 2. The van der Waals surface area contributed by atoms with Crippen molar-refractivity contribution in [1.82, 2.24) is 10.3 Å². The molecule has 0 spiro atoms. The van der Waals surface area contributed by atoms with Gasteiger partial charge < -0.3 is 10.3 Å². The van der Waals surface area contributed by atoms with E-state index >= 15 is 0 Å². The lowest BCUT2D eigenvalue weighted by atomic mass is 10.2. The van der Waals surface area contributed by atoms with Crippen molar-refractivity contribution < 1.29 is 9.18 Å². The maximum Gasteiger partial charge on any atom is 0.260 e. The monoisotopic (exact) mass is 212 g/mol. The zero-order chi connectivity index (χ0) is 11.3.